The normalized spacial score (nSPS) is 12.4. The first-order chi connectivity index (χ1) is 7.04. The predicted octanol–water partition coefficient (Wildman–Crippen LogP) is -1.13. The highest BCUT2D eigenvalue weighted by Gasteiger charge is 2.24. The Morgan fingerprint density at radius 2 is 2.13 bits per heavy atom. The van der Waals surface area contributed by atoms with Crippen LogP contribution in [-0.4, -0.2) is 54.9 Å². The number of nitrogens with one attached hydrogen (secondary N) is 1. The summed E-state index contributed by atoms with van der Waals surface area (Å²) in [6.45, 7) is 0.145. The predicted molar refractivity (Wildman–Crippen MR) is 53.3 cm³/mol. The molecule has 0 aliphatic heterocycles. The molecular formula is C9H14N2O4. The molecule has 6 nitrogen and oxygen atoms in total. The van der Waals surface area contributed by atoms with Crippen molar-refractivity contribution in [1.29, 1.82) is 0 Å². The molecule has 1 unspecified atom stereocenters. The van der Waals surface area contributed by atoms with E-state index in [1.54, 1.807) is 7.05 Å². The van der Waals surface area contributed by atoms with Crippen LogP contribution < -0.4 is 5.32 Å². The zero-order valence-corrected chi connectivity index (χ0v) is 8.64. The minimum Gasteiger partial charge on any atom is -0.480 e. The topological polar surface area (TPSA) is 86.7 Å². The lowest BCUT2D eigenvalue weighted by Gasteiger charge is -2.23. The number of nitrogens with zero attached hydrogens (tertiary/aromatic N) is 1. The Morgan fingerprint density at radius 1 is 1.53 bits per heavy atom. The van der Waals surface area contributed by atoms with E-state index in [1.165, 1.54) is 7.05 Å². The van der Waals surface area contributed by atoms with E-state index in [0.29, 0.717) is 6.29 Å². The van der Waals surface area contributed by atoms with Gasteiger partial charge in [-0.25, -0.2) is 4.79 Å². The van der Waals surface area contributed by atoms with Gasteiger partial charge in [0, 0.05) is 19.7 Å². The highest BCUT2D eigenvalue weighted by molar-refractivity contribution is 5.93. The summed E-state index contributed by atoms with van der Waals surface area (Å²) in [5.41, 5.74) is 0. The lowest BCUT2D eigenvalue weighted by Crippen LogP contribution is -2.47. The van der Waals surface area contributed by atoms with Crippen LogP contribution in [0.4, 0.5) is 0 Å². The van der Waals surface area contributed by atoms with Crippen LogP contribution in [0.5, 0.6) is 0 Å². The van der Waals surface area contributed by atoms with Gasteiger partial charge < -0.3 is 15.3 Å². The monoisotopic (exact) mass is 214 g/mol. The van der Waals surface area contributed by atoms with Gasteiger partial charge in [-0.2, -0.15) is 0 Å². The second-order valence-electron chi connectivity index (χ2n) is 2.86. The maximum absolute atomic E-state index is 11.3. The van der Waals surface area contributed by atoms with Gasteiger partial charge in [0.25, 0.3) is 0 Å². The van der Waals surface area contributed by atoms with Gasteiger partial charge >= 0.3 is 5.97 Å². The number of carboxylic acids is 1. The average Bonchev–Trinajstić information content (AvgIpc) is 2.21. The quantitative estimate of drug-likeness (QED) is 0.431. The van der Waals surface area contributed by atoms with Crippen LogP contribution in [0.1, 0.15) is 0 Å². The van der Waals surface area contributed by atoms with E-state index in [0.717, 1.165) is 17.1 Å². The summed E-state index contributed by atoms with van der Waals surface area (Å²) in [6, 6.07) is -0.946. The third kappa shape index (κ3) is 4.37. The number of carbonyl (C=O) groups excluding carboxylic acids is 2. The third-order valence-electron chi connectivity index (χ3n) is 1.82. The molecule has 1 amide bonds. The number of hydrogen-bond donors (Lipinski definition) is 2. The number of hydrogen-bond acceptors (Lipinski definition) is 4. The Labute approximate surface area is 87.6 Å². The average molecular weight is 214 g/mol. The van der Waals surface area contributed by atoms with E-state index in [9.17, 15) is 14.4 Å². The first-order valence-electron chi connectivity index (χ1n) is 4.30. The van der Waals surface area contributed by atoms with Crippen molar-refractivity contribution >= 4 is 18.2 Å². The molecule has 0 aliphatic carbocycles. The first-order valence-corrected chi connectivity index (χ1v) is 4.30. The Balaban J connectivity index is 4.54. The highest BCUT2D eigenvalue weighted by atomic mass is 16.4. The SMILES string of the molecule is CNCC(C(=O)O)N(C)C(=O)/C=C\C=O. The minimum absolute atomic E-state index is 0.145. The Hall–Kier alpha value is -1.69. The molecular weight excluding hydrogens is 200 g/mol. The Morgan fingerprint density at radius 3 is 2.53 bits per heavy atom. The molecule has 0 aromatic carbocycles. The number of allylic oxidation sites excluding steroid dienone is 1. The fourth-order valence-corrected chi connectivity index (χ4v) is 0.976. The summed E-state index contributed by atoms with van der Waals surface area (Å²) in [5, 5.41) is 11.5. The van der Waals surface area contributed by atoms with Crippen LogP contribution in [0.3, 0.4) is 0 Å². The summed E-state index contributed by atoms with van der Waals surface area (Å²) in [6.07, 6.45) is 2.51. The molecule has 6 heteroatoms. The molecule has 1 atom stereocenters. The summed E-state index contributed by atoms with van der Waals surface area (Å²) in [5.74, 6) is -1.62. The first kappa shape index (κ1) is 13.3. The number of carbonyl (C=O) groups is 3. The smallest absolute Gasteiger partial charge is 0.327 e. The van der Waals surface area contributed by atoms with E-state index < -0.39 is 17.9 Å². The zero-order chi connectivity index (χ0) is 11.8. The lowest BCUT2D eigenvalue weighted by molar-refractivity contribution is -0.147. The molecule has 0 spiro atoms. The highest BCUT2D eigenvalue weighted by Crippen LogP contribution is 1.97. The van der Waals surface area contributed by atoms with E-state index in [1.807, 2.05) is 0 Å². The van der Waals surface area contributed by atoms with Gasteiger partial charge in [-0.3, -0.25) is 9.59 Å². The molecule has 2 N–H and O–H groups in total. The third-order valence-corrected chi connectivity index (χ3v) is 1.82. The zero-order valence-electron chi connectivity index (χ0n) is 8.64. The van der Waals surface area contributed by atoms with Crippen molar-refractivity contribution in [3.8, 4) is 0 Å². The van der Waals surface area contributed by atoms with E-state index >= 15 is 0 Å². The summed E-state index contributed by atoms with van der Waals surface area (Å²) >= 11 is 0. The van der Waals surface area contributed by atoms with Crippen molar-refractivity contribution in [2.24, 2.45) is 0 Å². The van der Waals surface area contributed by atoms with Crippen LogP contribution >= 0.6 is 0 Å². The van der Waals surface area contributed by atoms with Gasteiger partial charge in [-0.15, -0.1) is 0 Å². The standard InChI is InChI=1S/C9H14N2O4/c1-10-6-7(9(14)15)11(2)8(13)4-3-5-12/h3-5,7,10H,6H2,1-2H3,(H,14,15)/b4-3-. The molecule has 0 heterocycles. The molecule has 0 fully saturated rings. The molecule has 84 valence electrons. The fourth-order valence-electron chi connectivity index (χ4n) is 0.976. The van der Waals surface area contributed by atoms with Crippen LogP contribution in [0.25, 0.3) is 0 Å². The Bertz CT molecular complexity index is 275. The van der Waals surface area contributed by atoms with Gasteiger partial charge in [0.05, 0.1) is 0 Å². The molecule has 0 saturated carbocycles. The Kier molecular flexibility index (Phi) is 5.96. The number of aliphatic carboxylic acids is 1. The van der Waals surface area contributed by atoms with E-state index in [4.69, 9.17) is 5.11 Å². The molecule has 0 saturated heterocycles. The number of rotatable bonds is 6. The maximum atomic E-state index is 11.3. The maximum Gasteiger partial charge on any atom is 0.327 e. The molecule has 0 bridgehead atoms. The van der Waals surface area contributed by atoms with Gasteiger partial charge in [-0.1, -0.05) is 0 Å². The number of likely N-dealkylation sites (N-methyl/N-ethyl adjacent to an activating group) is 2. The molecule has 0 aromatic rings. The van der Waals surface area contributed by atoms with Gasteiger partial charge in [0.2, 0.25) is 5.91 Å². The van der Waals surface area contributed by atoms with E-state index in [-0.39, 0.29) is 6.54 Å². The van der Waals surface area contributed by atoms with Crippen molar-refractivity contribution in [2.45, 2.75) is 6.04 Å². The van der Waals surface area contributed by atoms with Crippen molar-refractivity contribution < 1.29 is 19.5 Å². The van der Waals surface area contributed by atoms with Crippen molar-refractivity contribution in [3.63, 3.8) is 0 Å². The van der Waals surface area contributed by atoms with Crippen molar-refractivity contribution in [3.05, 3.63) is 12.2 Å². The molecule has 0 aromatic heterocycles. The second-order valence-corrected chi connectivity index (χ2v) is 2.86. The molecule has 0 aliphatic rings. The summed E-state index contributed by atoms with van der Waals surface area (Å²) in [7, 11) is 2.96. The number of carboxylic acid groups (broad SMARTS) is 1. The van der Waals surface area contributed by atoms with Crippen LogP contribution in [-0.2, 0) is 14.4 Å². The number of aldehydes is 1. The van der Waals surface area contributed by atoms with Crippen LogP contribution in [0.2, 0.25) is 0 Å². The van der Waals surface area contributed by atoms with Gasteiger partial charge in [0.1, 0.15) is 12.3 Å². The van der Waals surface area contributed by atoms with Crippen LogP contribution in [0, 0.1) is 0 Å². The lowest BCUT2D eigenvalue weighted by atomic mass is 10.2. The number of amides is 1. The largest absolute Gasteiger partial charge is 0.480 e. The minimum atomic E-state index is -1.10. The second kappa shape index (κ2) is 6.72. The van der Waals surface area contributed by atoms with Crippen molar-refractivity contribution in [1.82, 2.24) is 10.2 Å². The van der Waals surface area contributed by atoms with Gasteiger partial charge in [0.15, 0.2) is 0 Å². The van der Waals surface area contributed by atoms with E-state index in [2.05, 4.69) is 5.32 Å². The molecule has 15 heavy (non-hydrogen) atoms. The summed E-state index contributed by atoms with van der Waals surface area (Å²) in [4.78, 5) is 33.1. The molecule has 0 radical (unpaired) electrons. The van der Waals surface area contributed by atoms with Crippen LogP contribution in [0.15, 0.2) is 12.2 Å². The summed E-state index contributed by atoms with van der Waals surface area (Å²) < 4.78 is 0. The van der Waals surface area contributed by atoms with Gasteiger partial charge in [-0.05, 0) is 13.1 Å². The fraction of sp³-hybridized carbons (Fsp3) is 0.444. The molecule has 0 rings (SSSR count). The van der Waals surface area contributed by atoms with Crippen molar-refractivity contribution in [2.75, 3.05) is 20.6 Å².